The van der Waals surface area contributed by atoms with Crippen molar-refractivity contribution in [3.63, 3.8) is 0 Å². The third-order valence-corrected chi connectivity index (χ3v) is 14.7. The summed E-state index contributed by atoms with van der Waals surface area (Å²) >= 11 is 0. The van der Waals surface area contributed by atoms with Gasteiger partial charge in [0.1, 0.15) is 17.4 Å². The number of aromatic amines is 1. The summed E-state index contributed by atoms with van der Waals surface area (Å²) in [5, 5.41) is 81.2. The van der Waals surface area contributed by atoms with Crippen LogP contribution in [0.1, 0.15) is 93.0 Å². The topological polar surface area (TPSA) is 209 Å². The lowest BCUT2D eigenvalue weighted by molar-refractivity contribution is -0.134. The number of hydrogen-bond acceptors (Lipinski definition) is 12. The van der Waals surface area contributed by atoms with E-state index in [-0.39, 0.29) is 53.3 Å². The van der Waals surface area contributed by atoms with Crippen LogP contribution in [-0.4, -0.2) is 87.5 Å². The Bertz CT molecular complexity index is 2630. The lowest BCUT2D eigenvalue weighted by Crippen LogP contribution is -2.50. The van der Waals surface area contributed by atoms with Gasteiger partial charge in [0.05, 0.1) is 31.8 Å². The fourth-order valence-electron chi connectivity index (χ4n) is 11.5. The first-order valence-corrected chi connectivity index (χ1v) is 24.2. The predicted octanol–water partition coefficient (Wildman–Crippen LogP) is 8.66. The van der Waals surface area contributed by atoms with Crippen molar-refractivity contribution in [2.75, 3.05) is 39.2 Å². The number of phenols is 4. The maximum absolute atomic E-state index is 16.2. The van der Waals surface area contributed by atoms with Crippen LogP contribution in [0.3, 0.4) is 0 Å². The summed E-state index contributed by atoms with van der Waals surface area (Å²) in [5.74, 6) is -1.47. The number of carbonyl (C=O) groups is 1. The molecule has 8 rings (SSSR count). The van der Waals surface area contributed by atoms with Crippen LogP contribution < -0.4 is 25.4 Å². The fraction of sp³-hybridized carbons (Fsp3) is 0.436. The molecule has 1 aromatic heterocycles. The zero-order chi connectivity index (χ0) is 48.1. The van der Waals surface area contributed by atoms with Gasteiger partial charge in [-0.05, 0) is 170 Å². The Morgan fingerprint density at radius 2 is 1.79 bits per heavy atom. The number of H-pyrrole nitrogens is 1. The van der Waals surface area contributed by atoms with E-state index in [1.54, 1.807) is 36.4 Å². The maximum Gasteiger partial charge on any atom is 0.200 e. The highest BCUT2D eigenvalue weighted by Crippen LogP contribution is 2.58. The molecule has 2 aliphatic heterocycles. The molecule has 3 heterocycles. The van der Waals surface area contributed by atoms with Gasteiger partial charge >= 0.3 is 0 Å². The van der Waals surface area contributed by atoms with E-state index >= 15 is 4.79 Å². The van der Waals surface area contributed by atoms with Gasteiger partial charge in [-0.1, -0.05) is 38.1 Å². The van der Waals surface area contributed by atoms with E-state index in [4.69, 9.17) is 9.47 Å². The molecule has 7 unspecified atom stereocenters. The molecule has 7 atom stereocenters. The molecule has 13 nitrogen and oxygen atoms in total. The van der Waals surface area contributed by atoms with Crippen LogP contribution in [0.4, 0.5) is 5.69 Å². The molecule has 3 aliphatic rings. The number of ketones is 1. The number of likely N-dealkylation sites (N-methyl/N-ethyl adjacent to an activating group) is 1. The van der Waals surface area contributed by atoms with Crippen LogP contribution in [0.15, 0.2) is 103 Å². The van der Waals surface area contributed by atoms with E-state index in [0.717, 1.165) is 51.7 Å². The Morgan fingerprint density at radius 3 is 2.56 bits per heavy atom. The normalized spacial score (nSPS) is 23.4. The number of aromatic hydroxyl groups is 4. The second-order valence-corrected chi connectivity index (χ2v) is 19.5. The number of aliphatic hydroxyl groups is 2. The molecule has 1 spiro atoms. The van der Waals surface area contributed by atoms with Gasteiger partial charge in [-0.15, -0.1) is 0 Å². The fourth-order valence-corrected chi connectivity index (χ4v) is 11.5. The molecule has 1 saturated carbocycles. The monoisotopic (exact) mass is 928 g/mol. The Morgan fingerprint density at radius 1 is 0.956 bits per heavy atom. The maximum atomic E-state index is 16.2. The molecular weight excluding hydrogens is 861 g/mol. The van der Waals surface area contributed by atoms with Gasteiger partial charge in [0.25, 0.3) is 0 Å². The van der Waals surface area contributed by atoms with Gasteiger partial charge < -0.3 is 61.0 Å². The minimum atomic E-state index is -1.18. The third-order valence-electron chi connectivity index (χ3n) is 14.7. The van der Waals surface area contributed by atoms with E-state index < -0.39 is 35.4 Å². The zero-order valence-electron chi connectivity index (χ0n) is 39.6. The molecule has 0 radical (unpaired) electrons. The average Bonchev–Trinajstić information content (AvgIpc) is 3.96. The summed E-state index contributed by atoms with van der Waals surface area (Å²) in [4.78, 5) is 19.5. The third kappa shape index (κ3) is 10.2. The van der Waals surface area contributed by atoms with Crippen LogP contribution >= 0.6 is 0 Å². The van der Waals surface area contributed by atoms with Crippen molar-refractivity contribution in [1.82, 2.24) is 15.6 Å². The number of aliphatic hydroxyl groups excluding tert-OH is 2. The number of Topliss-reactive ketones (excluding diaryl/α,β-unsaturated/α-hetero) is 1. The van der Waals surface area contributed by atoms with Crippen LogP contribution in [0.2, 0.25) is 0 Å². The molecule has 10 N–H and O–H groups in total. The van der Waals surface area contributed by atoms with Crippen molar-refractivity contribution < 1.29 is 44.9 Å². The second kappa shape index (κ2) is 21.0. The molecule has 362 valence electrons. The highest BCUT2D eigenvalue weighted by molar-refractivity contribution is 5.92. The lowest BCUT2D eigenvalue weighted by atomic mass is 9.57. The van der Waals surface area contributed by atoms with Gasteiger partial charge in [-0.2, -0.15) is 0 Å². The number of fused-ring (bicyclic) bond motifs is 5. The molecule has 2 bridgehead atoms. The van der Waals surface area contributed by atoms with Gasteiger partial charge in [0.2, 0.25) is 5.75 Å². The summed E-state index contributed by atoms with van der Waals surface area (Å²) in [5.41, 5.74) is 3.94. The summed E-state index contributed by atoms with van der Waals surface area (Å²) in [6, 6.07) is 21.6. The quantitative estimate of drug-likeness (QED) is 0.0354. The van der Waals surface area contributed by atoms with Crippen molar-refractivity contribution in [3.05, 3.63) is 125 Å². The number of methoxy groups -OCH3 is 1. The smallest absolute Gasteiger partial charge is 0.200 e. The van der Waals surface area contributed by atoms with Crippen LogP contribution in [0, 0.1) is 23.2 Å². The molecule has 5 aromatic rings. The van der Waals surface area contributed by atoms with Gasteiger partial charge in [-0.3, -0.25) is 4.79 Å². The van der Waals surface area contributed by atoms with Crippen molar-refractivity contribution in [3.8, 4) is 34.5 Å². The predicted molar refractivity (Wildman–Crippen MR) is 265 cm³/mol. The Labute approximate surface area is 398 Å². The number of anilines is 1. The van der Waals surface area contributed by atoms with Gasteiger partial charge in [-0.25, -0.2) is 0 Å². The van der Waals surface area contributed by atoms with Crippen molar-refractivity contribution >= 4 is 22.2 Å². The number of aryl methyl sites for hydroxylation is 1. The largest absolute Gasteiger partial charge is 0.508 e. The number of nitrogens with one attached hydrogen (secondary N) is 4. The number of dihydropyridines is 1. The first-order valence-electron chi connectivity index (χ1n) is 24.2. The number of carbonyl (C=O) groups excluding carboxylic acids is 1. The SMILES string of the molecule is CNCC1CC(c2cc(O)c(O)c(OCCCC(C)C)c2)CC(=O)C(C(O)CCc2ccc(O)c(OC)c2)C2(CCC(O)C2Cc2ccc[nH]2)C2=CCNC(=C2)Nc2ccc3cc(O)ccc3c21. The molecule has 0 amide bonds. The molecule has 1 fully saturated rings. The summed E-state index contributed by atoms with van der Waals surface area (Å²) in [6.07, 6.45) is 7.89. The first-order chi connectivity index (χ1) is 32.8. The lowest BCUT2D eigenvalue weighted by Gasteiger charge is -2.46. The number of rotatable bonds is 15. The van der Waals surface area contributed by atoms with Crippen LogP contribution in [0.5, 0.6) is 34.5 Å². The van der Waals surface area contributed by atoms with Crippen molar-refractivity contribution in [2.24, 2.45) is 23.2 Å². The van der Waals surface area contributed by atoms with E-state index in [9.17, 15) is 30.6 Å². The summed E-state index contributed by atoms with van der Waals surface area (Å²) < 4.78 is 11.6. The number of ether oxygens (including phenoxy) is 2. The Balaban J connectivity index is 1.33. The number of allylic oxidation sites excluding steroid dienone is 2. The minimum absolute atomic E-state index is 0.00242. The summed E-state index contributed by atoms with van der Waals surface area (Å²) in [6.45, 7) is 5.52. The van der Waals surface area contributed by atoms with Crippen LogP contribution in [-0.2, 0) is 17.6 Å². The second-order valence-electron chi connectivity index (χ2n) is 19.5. The number of aromatic nitrogens is 1. The first kappa shape index (κ1) is 48.3. The highest BCUT2D eigenvalue weighted by Gasteiger charge is 2.58. The van der Waals surface area contributed by atoms with Crippen molar-refractivity contribution in [2.45, 2.75) is 95.7 Å². The van der Waals surface area contributed by atoms with Crippen LogP contribution in [0.25, 0.3) is 10.8 Å². The molecule has 4 aromatic carbocycles. The number of hydrogen-bond donors (Lipinski definition) is 10. The molecule has 0 saturated heterocycles. The molecule has 1 aliphatic carbocycles. The minimum Gasteiger partial charge on any atom is -0.508 e. The van der Waals surface area contributed by atoms with Gasteiger partial charge in [0.15, 0.2) is 23.0 Å². The zero-order valence-corrected chi connectivity index (χ0v) is 39.6. The highest BCUT2D eigenvalue weighted by atomic mass is 16.5. The molecule has 13 heteroatoms. The summed E-state index contributed by atoms with van der Waals surface area (Å²) in [7, 11) is 3.38. The standard InChI is InChI=1S/C55H68N4O9/c1-32(2)7-6-22-68-50-28-36(27-48(65)54(50)66)35-24-37(31-56-3)52-41-13-12-40(60)25-34(41)11-14-43(52)59-51-29-38(18-21-58-51)55(19-17-44(61)42(55)30-39-8-5-20-57-39)53(47(64)26-35)46(63)16-10-33-9-15-45(62)49(23-33)67-4/h5,8-9,11-15,18,20,23,25,27-29,32,35,37,42,44,46,53,56-63,65-66H,6-7,10,16-17,19,21-22,24,26,30-31H2,1-4H3. The van der Waals surface area contributed by atoms with E-state index in [2.05, 4.69) is 46.9 Å². The van der Waals surface area contributed by atoms with E-state index in [1.165, 1.54) is 13.2 Å². The average molecular weight is 929 g/mol. The van der Waals surface area contributed by atoms with Crippen molar-refractivity contribution in [1.29, 1.82) is 0 Å². The Kier molecular flexibility index (Phi) is 14.9. The molecular formula is C55H68N4O9. The molecule has 68 heavy (non-hydrogen) atoms. The number of phenolic OH excluding ortho intramolecular Hbond substituents is 4. The van der Waals surface area contributed by atoms with E-state index in [0.29, 0.717) is 74.9 Å². The van der Waals surface area contributed by atoms with Gasteiger partial charge in [0, 0.05) is 48.4 Å². The number of benzene rings is 4. The Hall–Kier alpha value is -6.15. The van der Waals surface area contributed by atoms with E-state index in [1.807, 2.05) is 43.6 Å².